The smallest absolute Gasteiger partial charge is 0.255 e. The highest BCUT2D eigenvalue weighted by Crippen LogP contribution is 2.28. The van der Waals surface area contributed by atoms with E-state index in [1.54, 1.807) is 0 Å². The fourth-order valence-electron chi connectivity index (χ4n) is 1.67. The molecule has 0 bridgehead atoms. The van der Waals surface area contributed by atoms with Crippen LogP contribution in [-0.2, 0) is 9.22 Å². The summed E-state index contributed by atoms with van der Waals surface area (Å²) in [7, 11) is -3.14. The Balaban J connectivity index is 2.83. The van der Waals surface area contributed by atoms with Crippen molar-refractivity contribution in [3.05, 3.63) is 0 Å². The molecule has 1 aliphatic rings. The minimum atomic E-state index is -1.74. The van der Waals surface area contributed by atoms with Crippen LogP contribution in [0.25, 0.3) is 0 Å². The largest absolute Gasteiger partial charge is 0.401 e. The van der Waals surface area contributed by atoms with Gasteiger partial charge in [0.05, 0.1) is 0 Å². The van der Waals surface area contributed by atoms with Gasteiger partial charge in [-0.15, -0.1) is 5.54 Å². The Labute approximate surface area is 106 Å². The van der Waals surface area contributed by atoms with Crippen molar-refractivity contribution in [1.82, 2.24) is 5.32 Å². The Bertz CT molecular complexity index is 384. The molecule has 0 spiro atoms. The van der Waals surface area contributed by atoms with E-state index in [-0.39, 0.29) is 11.9 Å². The number of carbonyl (C=O) groups is 1. The molecule has 1 fully saturated rings. The van der Waals surface area contributed by atoms with Crippen molar-refractivity contribution in [3.63, 3.8) is 0 Å². The van der Waals surface area contributed by atoms with Crippen molar-refractivity contribution in [3.8, 4) is 11.5 Å². The molecule has 0 aromatic rings. The van der Waals surface area contributed by atoms with Crippen LogP contribution in [-0.4, -0.2) is 33.9 Å². The second-order valence-corrected chi connectivity index (χ2v) is 15.9. The van der Waals surface area contributed by atoms with E-state index in [1.165, 1.54) is 0 Å². The van der Waals surface area contributed by atoms with E-state index in [9.17, 15) is 4.79 Å². The first kappa shape index (κ1) is 14.5. The summed E-state index contributed by atoms with van der Waals surface area (Å²) in [6, 6.07) is -0.145. The van der Waals surface area contributed by atoms with Crippen LogP contribution in [0.4, 0.5) is 0 Å². The van der Waals surface area contributed by atoms with E-state index < -0.39 is 22.0 Å². The Kier molecular flexibility index (Phi) is 3.64. The van der Waals surface area contributed by atoms with Crippen molar-refractivity contribution in [2.24, 2.45) is 0 Å². The molecular weight excluding hydrogens is 246 g/mol. The van der Waals surface area contributed by atoms with E-state index in [1.807, 2.05) is 6.92 Å². The molecule has 1 saturated heterocycles. The Hall–Kier alpha value is -0.576. The highest BCUT2D eigenvalue weighted by molar-refractivity contribution is 6.83. The van der Waals surface area contributed by atoms with Gasteiger partial charge in [-0.1, -0.05) is 25.6 Å². The van der Waals surface area contributed by atoms with Crippen LogP contribution in [0.2, 0.25) is 39.3 Å². The Morgan fingerprint density at radius 3 is 2.12 bits per heavy atom. The summed E-state index contributed by atoms with van der Waals surface area (Å²) in [6.07, 6.45) is 0. The molecular formula is C12H23NO2Si2. The van der Waals surface area contributed by atoms with Gasteiger partial charge in [-0.05, 0) is 26.6 Å². The molecule has 1 aliphatic heterocycles. The third-order valence-electron chi connectivity index (χ3n) is 2.39. The number of hydrogen-bond donors (Lipinski definition) is 1. The standard InChI is InChI=1S/C12H23NO2Si2/c1-12(15-17(5,6)7)10(13-11(12)14)8-9-16(2,3)4/h10H,1-7H3,(H,13,14)/t10?,12-/m1/s1. The Morgan fingerprint density at radius 2 is 1.76 bits per heavy atom. The summed E-state index contributed by atoms with van der Waals surface area (Å²) in [5, 5.41) is 2.84. The van der Waals surface area contributed by atoms with E-state index >= 15 is 0 Å². The van der Waals surface area contributed by atoms with E-state index in [0.717, 1.165) is 0 Å². The topological polar surface area (TPSA) is 38.3 Å². The van der Waals surface area contributed by atoms with Crippen molar-refractivity contribution in [1.29, 1.82) is 0 Å². The molecule has 1 amide bonds. The van der Waals surface area contributed by atoms with Crippen LogP contribution in [0.1, 0.15) is 6.92 Å². The molecule has 0 aromatic heterocycles. The van der Waals surface area contributed by atoms with Gasteiger partial charge in [-0.2, -0.15) is 0 Å². The van der Waals surface area contributed by atoms with E-state index in [4.69, 9.17) is 4.43 Å². The number of nitrogens with one attached hydrogen (secondary N) is 1. The lowest BCUT2D eigenvalue weighted by Gasteiger charge is -2.46. The first-order valence-corrected chi connectivity index (χ1v) is 12.9. The lowest BCUT2D eigenvalue weighted by molar-refractivity contribution is -0.151. The minimum Gasteiger partial charge on any atom is -0.401 e. The van der Waals surface area contributed by atoms with E-state index in [2.05, 4.69) is 56.1 Å². The van der Waals surface area contributed by atoms with Crippen molar-refractivity contribution >= 4 is 22.3 Å². The maximum atomic E-state index is 11.7. The molecule has 0 aliphatic carbocycles. The summed E-state index contributed by atoms with van der Waals surface area (Å²) in [4.78, 5) is 11.7. The van der Waals surface area contributed by atoms with Crippen LogP contribution >= 0.6 is 0 Å². The second-order valence-electron chi connectivity index (χ2n) is 6.75. The molecule has 1 unspecified atom stereocenters. The molecule has 5 heteroatoms. The molecule has 0 saturated carbocycles. The van der Waals surface area contributed by atoms with Gasteiger partial charge in [0.15, 0.2) is 13.9 Å². The maximum absolute atomic E-state index is 11.7. The third-order valence-corrected chi connectivity index (χ3v) is 4.32. The molecule has 0 radical (unpaired) electrons. The number of amides is 1. The maximum Gasteiger partial charge on any atom is 0.255 e. The summed E-state index contributed by atoms with van der Waals surface area (Å²) < 4.78 is 5.99. The number of hydrogen-bond acceptors (Lipinski definition) is 2. The molecule has 1 rings (SSSR count). The molecule has 17 heavy (non-hydrogen) atoms. The van der Waals surface area contributed by atoms with Crippen molar-refractivity contribution in [2.75, 3.05) is 0 Å². The average Bonchev–Trinajstić information content (AvgIpc) is 2.07. The zero-order chi connectivity index (χ0) is 13.5. The number of β-lactam (4-membered cyclic amide) rings is 1. The third kappa shape index (κ3) is 3.70. The fraction of sp³-hybridized carbons (Fsp3) is 0.750. The summed E-state index contributed by atoms with van der Waals surface area (Å²) in [5.74, 6) is 3.15. The SMILES string of the molecule is C[C@]1(O[Si](C)(C)C)C(=O)NC1C#C[Si](C)(C)C. The van der Waals surface area contributed by atoms with Gasteiger partial charge in [-0.25, -0.2) is 0 Å². The van der Waals surface area contributed by atoms with Gasteiger partial charge in [0.25, 0.3) is 5.91 Å². The molecule has 3 nitrogen and oxygen atoms in total. The number of rotatable bonds is 2. The Morgan fingerprint density at radius 1 is 1.24 bits per heavy atom. The first-order valence-electron chi connectivity index (χ1n) is 5.98. The van der Waals surface area contributed by atoms with Gasteiger partial charge in [0.1, 0.15) is 14.1 Å². The first-order chi connectivity index (χ1) is 7.44. The summed E-state index contributed by atoms with van der Waals surface area (Å²) in [6.45, 7) is 14.7. The molecule has 1 heterocycles. The predicted octanol–water partition coefficient (Wildman–Crippen LogP) is 1.98. The van der Waals surface area contributed by atoms with Crippen LogP contribution in [0, 0.1) is 11.5 Å². The highest BCUT2D eigenvalue weighted by atomic mass is 28.4. The minimum absolute atomic E-state index is 0.0326. The fourth-order valence-corrected chi connectivity index (χ4v) is 3.73. The zero-order valence-corrected chi connectivity index (χ0v) is 13.9. The van der Waals surface area contributed by atoms with Crippen LogP contribution < -0.4 is 5.32 Å². The van der Waals surface area contributed by atoms with Crippen LogP contribution in [0.15, 0.2) is 0 Å². The molecule has 96 valence electrons. The normalized spacial score (nSPS) is 28.9. The van der Waals surface area contributed by atoms with Gasteiger partial charge in [0.2, 0.25) is 0 Å². The monoisotopic (exact) mass is 269 g/mol. The molecule has 0 aromatic carbocycles. The van der Waals surface area contributed by atoms with Crippen LogP contribution in [0.5, 0.6) is 0 Å². The number of carbonyl (C=O) groups excluding carboxylic acids is 1. The molecule has 2 atom stereocenters. The van der Waals surface area contributed by atoms with Gasteiger partial charge >= 0.3 is 0 Å². The van der Waals surface area contributed by atoms with Gasteiger partial charge in [-0.3, -0.25) is 4.79 Å². The van der Waals surface area contributed by atoms with E-state index in [0.29, 0.717) is 0 Å². The van der Waals surface area contributed by atoms with Crippen molar-refractivity contribution < 1.29 is 9.22 Å². The zero-order valence-electron chi connectivity index (χ0n) is 11.9. The van der Waals surface area contributed by atoms with Gasteiger partial charge in [0, 0.05) is 0 Å². The quantitative estimate of drug-likeness (QED) is 0.473. The van der Waals surface area contributed by atoms with Crippen molar-refractivity contribution in [2.45, 2.75) is 57.8 Å². The average molecular weight is 269 g/mol. The van der Waals surface area contributed by atoms with Crippen LogP contribution in [0.3, 0.4) is 0 Å². The summed E-state index contributed by atoms with van der Waals surface area (Å²) >= 11 is 0. The highest BCUT2D eigenvalue weighted by Gasteiger charge is 2.53. The van der Waals surface area contributed by atoms with Gasteiger partial charge < -0.3 is 9.74 Å². The lowest BCUT2D eigenvalue weighted by Crippen LogP contribution is -2.73. The molecule has 1 N–H and O–H groups in total. The lowest BCUT2D eigenvalue weighted by atomic mass is 9.88. The summed E-state index contributed by atoms with van der Waals surface area (Å²) in [5.41, 5.74) is 2.56. The predicted molar refractivity (Wildman–Crippen MR) is 75.9 cm³/mol. The second kappa shape index (κ2) is 4.27.